The Bertz CT molecular complexity index is 564. The number of hydrogen-bond donors (Lipinski definition) is 2. The fraction of sp³-hybridized carbons (Fsp3) is 0.333. The summed E-state index contributed by atoms with van der Waals surface area (Å²) < 4.78 is 5.57. The smallest absolute Gasteiger partial charge is 0.233 e. The molecule has 6 nitrogen and oxygen atoms in total. The molecule has 0 unspecified atom stereocenters. The molecular formula is C12H16N4O2. The van der Waals surface area contributed by atoms with Gasteiger partial charge in [-0.3, -0.25) is 9.69 Å². The van der Waals surface area contributed by atoms with E-state index in [1.54, 1.807) is 25.2 Å². The normalized spacial score (nSPS) is 11.1. The maximum absolute atomic E-state index is 11.2. The number of fused-ring (bicyclic) bond motifs is 1. The Morgan fingerprint density at radius 3 is 3.06 bits per heavy atom. The lowest BCUT2D eigenvalue weighted by Crippen LogP contribution is -2.32. The molecule has 0 aliphatic carbocycles. The van der Waals surface area contributed by atoms with E-state index in [1.807, 2.05) is 11.9 Å². The molecule has 96 valence electrons. The van der Waals surface area contributed by atoms with Crippen molar-refractivity contribution in [1.82, 2.24) is 15.2 Å². The lowest BCUT2D eigenvalue weighted by molar-refractivity contribution is -0.121. The second kappa shape index (κ2) is 5.05. The summed E-state index contributed by atoms with van der Waals surface area (Å²) in [5, 5.41) is 2.57. The zero-order valence-corrected chi connectivity index (χ0v) is 10.4. The van der Waals surface area contributed by atoms with E-state index >= 15 is 0 Å². The highest BCUT2D eigenvalue weighted by Crippen LogP contribution is 2.18. The molecule has 1 amide bonds. The number of nitrogens with one attached hydrogen (secondary N) is 1. The van der Waals surface area contributed by atoms with Gasteiger partial charge in [-0.1, -0.05) is 0 Å². The number of amides is 1. The van der Waals surface area contributed by atoms with E-state index in [4.69, 9.17) is 10.2 Å². The second-order valence-electron chi connectivity index (χ2n) is 4.18. The standard InChI is InChI=1S/C12H16N4O2/c1-14-11(17)6-16(2)7-12-15-9-5-8(13)3-4-10(9)18-12/h3-5H,6-7,13H2,1-2H3,(H,14,17). The molecule has 2 aromatic rings. The number of rotatable bonds is 4. The van der Waals surface area contributed by atoms with E-state index < -0.39 is 0 Å². The first kappa shape index (κ1) is 12.4. The van der Waals surface area contributed by atoms with Crippen LogP contribution in [0.25, 0.3) is 11.1 Å². The number of carbonyl (C=O) groups is 1. The minimum Gasteiger partial charge on any atom is -0.439 e. The number of carbonyl (C=O) groups excluding carboxylic acids is 1. The summed E-state index contributed by atoms with van der Waals surface area (Å²) in [5.74, 6) is 0.528. The van der Waals surface area contributed by atoms with Crippen LogP contribution in [0.1, 0.15) is 5.89 Å². The maximum Gasteiger partial charge on any atom is 0.233 e. The van der Waals surface area contributed by atoms with Crippen molar-refractivity contribution in [3.05, 3.63) is 24.1 Å². The summed E-state index contributed by atoms with van der Waals surface area (Å²) in [6.07, 6.45) is 0. The van der Waals surface area contributed by atoms with Crippen molar-refractivity contribution in [3.8, 4) is 0 Å². The van der Waals surface area contributed by atoms with Crippen molar-refractivity contribution in [3.63, 3.8) is 0 Å². The van der Waals surface area contributed by atoms with Gasteiger partial charge in [-0.2, -0.15) is 0 Å². The molecule has 0 radical (unpaired) electrons. The molecule has 0 saturated heterocycles. The van der Waals surface area contributed by atoms with Crippen LogP contribution in [0.2, 0.25) is 0 Å². The molecule has 0 fully saturated rings. The van der Waals surface area contributed by atoms with E-state index in [0.717, 1.165) is 5.52 Å². The molecule has 3 N–H and O–H groups in total. The van der Waals surface area contributed by atoms with Gasteiger partial charge in [0.2, 0.25) is 11.8 Å². The van der Waals surface area contributed by atoms with Crippen molar-refractivity contribution in [2.45, 2.75) is 6.54 Å². The van der Waals surface area contributed by atoms with Crippen molar-refractivity contribution < 1.29 is 9.21 Å². The number of hydrogen-bond acceptors (Lipinski definition) is 5. The predicted octanol–water partition coefficient (Wildman–Crippen LogP) is 0.588. The maximum atomic E-state index is 11.2. The average molecular weight is 248 g/mol. The molecule has 1 heterocycles. The first-order chi connectivity index (χ1) is 8.58. The Morgan fingerprint density at radius 1 is 1.56 bits per heavy atom. The average Bonchev–Trinajstić information content (AvgIpc) is 2.69. The zero-order chi connectivity index (χ0) is 13.1. The molecule has 18 heavy (non-hydrogen) atoms. The topological polar surface area (TPSA) is 84.4 Å². The molecule has 0 aliphatic rings. The third-order valence-corrected chi connectivity index (χ3v) is 2.55. The first-order valence-electron chi connectivity index (χ1n) is 5.62. The van der Waals surface area contributed by atoms with Crippen LogP contribution in [0.4, 0.5) is 5.69 Å². The van der Waals surface area contributed by atoms with Gasteiger partial charge < -0.3 is 15.5 Å². The van der Waals surface area contributed by atoms with E-state index in [1.165, 1.54) is 0 Å². The molecule has 0 saturated carbocycles. The molecule has 0 aliphatic heterocycles. The van der Waals surface area contributed by atoms with Gasteiger partial charge in [0.15, 0.2) is 5.58 Å². The summed E-state index contributed by atoms with van der Waals surface area (Å²) in [5.41, 5.74) is 7.76. The fourth-order valence-corrected chi connectivity index (χ4v) is 1.67. The van der Waals surface area contributed by atoms with Crippen LogP contribution in [0.5, 0.6) is 0 Å². The van der Waals surface area contributed by atoms with Crippen LogP contribution in [0.3, 0.4) is 0 Å². The summed E-state index contributed by atoms with van der Waals surface area (Å²) in [7, 11) is 3.44. The predicted molar refractivity (Wildman–Crippen MR) is 68.8 cm³/mol. The molecule has 0 bridgehead atoms. The Kier molecular flexibility index (Phi) is 3.47. The first-order valence-corrected chi connectivity index (χ1v) is 5.62. The number of aromatic nitrogens is 1. The zero-order valence-electron chi connectivity index (χ0n) is 10.4. The lowest BCUT2D eigenvalue weighted by atomic mass is 10.3. The van der Waals surface area contributed by atoms with Crippen LogP contribution < -0.4 is 11.1 Å². The second-order valence-corrected chi connectivity index (χ2v) is 4.18. The third-order valence-electron chi connectivity index (χ3n) is 2.55. The van der Waals surface area contributed by atoms with Crippen LogP contribution in [-0.4, -0.2) is 36.4 Å². The number of nitrogens with zero attached hydrogens (tertiary/aromatic N) is 2. The highest BCUT2D eigenvalue weighted by atomic mass is 16.3. The minimum atomic E-state index is -0.0437. The number of benzene rings is 1. The van der Waals surface area contributed by atoms with Gasteiger partial charge in [0.1, 0.15) is 5.52 Å². The number of likely N-dealkylation sites (N-methyl/N-ethyl adjacent to an activating group) is 2. The van der Waals surface area contributed by atoms with Gasteiger partial charge in [-0.05, 0) is 25.2 Å². The molecule has 1 aromatic heterocycles. The monoisotopic (exact) mass is 248 g/mol. The SMILES string of the molecule is CNC(=O)CN(C)Cc1nc2cc(N)ccc2o1. The van der Waals surface area contributed by atoms with E-state index in [-0.39, 0.29) is 5.91 Å². The molecule has 6 heteroatoms. The summed E-state index contributed by atoms with van der Waals surface area (Å²) in [4.78, 5) is 17.4. The van der Waals surface area contributed by atoms with Gasteiger partial charge in [0.05, 0.1) is 13.1 Å². The number of anilines is 1. The Labute approximate surface area is 105 Å². The molecule has 0 atom stereocenters. The molecule has 0 spiro atoms. The van der Waals surface area contributed by atoms with Crippen molar-refractivity contribution in [1.29, 1.82) is 0 Å². The van der Waals surface area contributed by atoms with Crippen LogP contribution >= 0.6 is 0 Å². The van der Waals surface area contributed by atoms with Gasteiger partial charge in [0, 0.05) is 12.7 Å². The van der Waals surface area contributed by atoms with Crippen molar-refractivity contribution in [2.24, 2.45) is 0 Å². The minimum absolute atomic E-state index is 0.0437. The van der Waals surface area contributed by atoms with Gasteiger partial charge in [-0.25, -0.2) is 4.98 Å². The van der Waals surface area contributed by atoms with Crippen LogP contribution in [-0.2, 0) is 11.3 Å². The summed E-state index contributed by atoms with van der Waals surface area (Å²) >= 11 is 0. The Balaban J connectivity index is 2.09. The summed E-state index contributed by atoms with van der Waals surface area (Å²) in [6.45, 7) is 0.777. The highest BCUT2D eigenvalue weighted by Gasteiger charge is 2.10. The quantitative estimate of drug-likeness (QED) is 0.773. The van der Waals surface area contributed by atoms with Gasteiger partial charge in [-0.15, -0.1) is 0 Å². The molecular weight excluding hydrogens is 232 g/mol. The highest BCUT2D eigenvalue weighted by molar-refractivity contribution is 5.78. The third kappa shape index (κ3) is 2.78. The molecule has 2 rings (SSSR count). The number of nitrogen functional groups attached to an aromatic ring is 1. The Morgan fingerprint density at radius 2 is 2.33 bits per heavy atom. The van der Waals surface area contributed by atoms with Crippen molar-refractivity contribution >= 4 is 22.7 Å². The summed E-state index contributed by atoms with van der Waals surface area (Å²) in [6, 6.07) is 5.33. The Hall–Kier alpha value is -2.08. The lowest BCUT2D eigenvalue weighted by Gasteiger charge is -2.12. The largest absolute Gasteiger partial charge is 0.439 e. The fourth-order valence-electron chi connectivity index (χ4n) is 1.67. The van der Waals surface area contributed by atoms with Gasteiger partial charge >= 0.3 is 0 Å². The number of nitrogens with two attached hydrogens (primary N) is 1. The van der Waals surface area contributed by atoms with Gasteiger partial charge in [0.25, 0.3) is 0 Å². The number of oxazole rings is 1. The van der Waals surface area contributed by atoms with E-state index in [9.17, 15) is 4.79 Å². The van der Waals surface area contributed by atoms with Crippen molar-refractivity contribution in [2.75, 3.05) is 26.4 Å². The van der Waals surface area contributed by atoms with Crippen LogP contribution in [0.15, 0.2) is 22.6 Å². The molecule has 1 aromatic carbocycles. The van der Waals surface area contributed by atoms with E-state index in [0.29, 0.717) is 30.3 Å². The van der Waals surface area contributed by atoms with E-state index in [2.05, 4.69) is 10.3 Å². The van der Waals surface area contributed by atoms with Crippen LogP contribution in [0, 0.1) is 0 Å².